The molecule has 1 saturated heterocycles. The number of hydrogen-bond donors (Lipinski definition) is 1. The van der Waals surface area contributed by atoms with Crippen LogP contribution in [0.4, 0.5) is 10.1 Å². The van der Waals surface area contributed by atoms with Gasteiger partial charge in [0.05, 0.1) is 17.2 Å². The van der Waals surface area contributed by atoms with Crippen LogP contribution in [0.5, 0.6) is 0 Å². The van der Waals surface area contributed by atoms with E-state index in [2.05, 4.69) is 10.5 Å². The fourth-order valence-electron chi connectivity index (χ4n) is 2.24. The average Bonchev–Trinajstić information content (AvgIpc) is 2.93. The van der Waals surface area contributed by atoms with Crippen molar-refractivity contribution in [1.82, 2.24) is 10.3 Å². The van der Waals surface area contributed by atoms with Crippen LogP contribution in [0.1, 0.15) is 12.0 Å². The van der Waals surface area contributed by atoms with E-state index in [1.165, 1.54) is 17.0 Å². The van der Waals surface area contributed by atoms with Crippen molar-refractivity contribution in [3.8, 4) is 0 Å². The fourth-order valence-corrected chi connectivity index (χ4v) is 2.24. The van der Waals surface area contributed by atoms with Crippen LogP contribution in [-0.4, -0.2) is 34.3 Å². The number of carbonyl (C=O) groups is 2. The van der Waals surface area contributed by atoms with E-state index in [9.17, 15) is 14.0 Å². The molecule has 1 amide bonds. The molecule has 0 bridgehead atoms. The van der Waals surface area contributed by atoms with Crippen LogP contribution in [0.3, 0.4) is 0 Å². The number of fused-ring (bicyclic) bond motifs is 1. The molecule has 0 aliphatic carbocycles. The second kappa shape index (κ2) is 4.04. The SMILES string of the molecule is O=C(O)C1CC(=O)N(C2=N[N]c3cccc(F)c32)C1. The first-order valence-electron chi connectivity index (χ1n) is 5.68. The lowest BCUT2D eigenvalue weighted by Gasteiger charge is -2.15. The van der Waals surface area contributed by atoms with Crippen LogP contribution in [-0.2, 0) is 9.59 Å². The van der Waals surface area contributed by atoms with Gasteiger partial charge in [0.25, 0.3) is 0 Å². The van der Waals surface area contributed by atoms with Crippen LogP contribution >= 0.6 is 0 Å². The van der Waals surface area contributed by atoms with Gasteiger partial charge in [-0.1, -0.05) is 6.07 Å². The predicted molar refractivity (Wildman–Crippen MR) is 62.2 cm³/mol. The number of amidine groups is 1. The molecule has 1 aromatic rings. The minimum atomic E-state index is -1.04. The van der Waals surface area contributed by atoms with Gasteiger partial charge in [0.15, 0.2) is 5.84 Å². The number of hydrogen-bond acceptors (Lipinski definition) is 3. The molecule has 19 heavy (non-hydrogen) atoms. The van der Waals surface area contributed by atoms with Crippen molar-refractivity contribution in [2.24, 2.45) is 11.0 Å². The molecule has 1 atom stereocenters. The van der Waals surface area contributed by atoms with Crippen molar-refractivity contribution in [2.75, 3.05) is 6.54 Å². The third kappa shape index (κ3) is 1.74. The molecule has 7 heteroatoms. The number of carboxylic acid groups (broad SMARTS) is 1. The summed E-state index contributed by atoms with van der Waals surface area (Å²) in [6.45, 7) is -0.00368. The summed E-state index contributed by atoms with van der Waals surface area (Å²) >= 11 is 0. The first kappa shape index (κ1) is 11.6. The van der Waals surface area contributed by atoms with Crippen LogP contribution in [0, 0.1) is 11.7 Å². The quantitative estimate of drug-likeness (QED) is 0.807. The summed E-state index contributed by atoms with van der Waals surface area (Å²) in [7, 11) is 0. The normalized spacial score (nSPS) is 21.1. The topological polar surface area (TPSA) is 84.1 Å². The van der Waals surface area contributed by atoms with Gasteiger partial charge in [0.2, 0.25) is 5.91 Å². The molecule has 2 heterocycles. The number of amides is 1. The third-order valence-electron chi connectivity index (χ3n) is 3.20. The van der Waals surface area contributed by atoms with Crippen molar-refractivity contribution in [2.45, 2.75) is 6.42 Å². The zero-order valence-electron chi connectivity index (χ0n) is 9.71. The van der Waals surface area contributed by atoms with E-state index in [1.807, 2.05) is 0 Å². The Morgan fingerprint density at radius 2 is 2.26 bits per heavy atom. The zero-order valence-corrected chi connectivity index (χ0v) is 9.71. The molecule has 2 aliphatic heterocycles. The first-order valence-corrected chi connectivity index (χ1v) is 5.68. The van der Waals surface area contributed by atoms with E-state index >= 15 is 0 Å². The van der Waals surface area contributed by atoms with Crippen LogP contribution in [0.25, 0.3) is 0 Å². The lowest BCUT2D eigenvalue weighted by atomic mass is 10.1. The average molecular weight is 262 g/mol. The van der Waals surface area contributed by atoms with E-state index in [0.717, 1.165) is 0 Å². The number of likely N-dealkylation sites (tertiary alicyclic amines) is 1. The molecule has 3 rings (SSSR count). The standard InChI is InChI=1S/C12H9FN3O3/c13-7-2-1-3-8-10(7)11(15-14-8)16-5-6(12(18)19)4-9(16)17/h1-3,6H,4-5H2,(H,18,19). The van der Waals surface area contributed by atoms with E-state index in [4.69, 9.17) is 5.11 Å². The highest BCUT2D eigenvalue weighted by Gasteiger charge is 2.39. The molecule has 0 spiro atoms. The Kier molecular flexibility index (Phi) is 2.48. The molecule has 2 aliphatic rings. The van der Waals surface area contributed by atoms with Crippen molar-refractivity contribution in [3.63, 3.8) is 0 Å². The second-order valence-corrected chi connectivity index (χ2v) is 4.40. The van der Waals surface area contributed by atoms with Gasteiger partial charge in [0, 0.05) is 13.0 Å². The first-order chi connectivity index (χ1) is 9.08. The Bertz CT molecular complexity index is 614. The molecule has 0 aromatic heterocycles. The summed E-state index contributed by atoms with van der Waals surface area (Å²) in [5.74, 6) is -2.63. The van der Waals surface area contributed by atoms with Crippen LogP contribution in [0.15, 0.2) is 23.3 Å². The van der Waals surface area contributed by atoms with Gasteiger partial charge < -0.3 is 5.11 Å². The maximum absolute atomic E-state index is 13.8. The Morgan fingerprint density at radius 3 is 2.95 bits per heavy atom. The molecular weight excluding hydrogens is 253 g/mol. The van der Waals surface area contributed by atoms with E-state index < -0.39 is 17.7 Å². The minimum Gasteiger partial charge on any atom is -0.481 e. The molecule has 1 unspecified atom stereocenters. The van der Waals surface area contributed by atoms with E-state index in [-0.39, 0.29) is 30.3 Å². The van der Waals surface area contributed by atoms with Crippen molar-refractivity contribution in [3.05, 3.63) is 29.6 Å². The monoisotopic (exact) mass is 262 g/mol. The van der Waals surface area contributed by atoms with Gasteiger partial charge >= 0.3 is 5.97 Å². The predicted octanol–water partition coefficient (Wildman–Crippen LogP) is 0.670. The summed E-state index contributed by atoms with van der Waals surface area (Å²) in [4.78, 5) is 23.9. The van der Waals surface area contributed by atoms with Gasteiger partial charge in [-0.25, -0.2) is 4.39 Å². The van der Waals surface area contributed by atoms with E-state index in [1.54, 1.807) is 6.07 Å². The second-order valence-electron chi connectivity index (χ2n) is 4.40. The Balaban J connectivity index is 1.95. The lowest BCUT2D eigenvalue weighted by Crippen LogP contribution is -2.33. The summed E-state index contributed by atoms with van der Waals surface area (Å²) in [6.07, 6.45) is -0.0991. The molecule has 6 nitrogen and oxygen atoms in total. The number of aliphatic carboxylic acids is 1. The van der Waals surface area contributed by atoms with Crippen LogP contribution < -0.4 is 5.43 Å². The lowest BCUT2D eigenvalue weighted by molar-refractivity contribution is -0.141. The summed E-state index contributed by atoms with van der Waals surface area (Å²) in [5, 5.41) is 12.7. The number of halogens is 1. The number of rotatable bonds is 1. The Labute approximate surface area is 107 Å². The molecule has 1 N–H and O–H groups in total. The third-order valence-corrected chi connectivity index (χ3v) is 3.20. The van der Waals surface area contributed by atoms with Crippen molar-refractivity contribution < 1.29 is 19.1 Å². The molecule has 1 aromatic carbocycles. The van der Waals surface area contributed by atoms with Crippen molar-refractivity contribution in [1.29, 1.82) is 0 Å². The van der Waals surface area contributed by atoms with Gasteiger partial charge in [0.1, 0.15) is 5.82 Å². The largest absolute Gasteiger partial charge is 0.481 e. The molecule has 0 saturated carbocycles. The maximum atomic E-state index is 13.8. The Morgan fingerprint density at radius 1 is 1.47 bits per heavy atom. The number of carbonyl (C=O) groups excluding carboxylic acids is 1. The molecule has 1 fully saturated rings. The fraction of sp³-hybridized carbons (Fsp3) is 0.250. The number of carboxylic acids is 1. The van der Waals surface area contributed by atoms with Gasteiger partial charge in [-0.05, 0) is 12.1 Å². The van der Waals surface area contributed by atoms with E-state index in [0.29, 0.717) is 5.69 Å². The summed E-state index contributed by atoms with van der Waals surface area (Å²) in [5.41, 5.74) is 4.30. The minimum absolute atomic E-state index is 0.00368. The highest BCUT2D eigenvalue weighted by atomic mass is 19.1. The van der Waals surface area contributed by atoms with Gasteiger partial charge in [-0.3, -0.25) is 14.5 Å². The number of nitrogens with zero attached hydrogens (tertiary/aromatic N) is 3. The van der Waals surface area contributed by atoms with Gasteiger partial charge in [-0.2, -0.15) is 0 Å². The maximum Gasteiger partial charge on any atom is 0.308 e. The molecule has 97 valence electrons. The summed E-state index contributed by atoms with van der Waals surface area (Å²) in [6, 6.07) is 4.34. The highest BCUT2D eigenvalue weighted by Crippen LogP contribution is 2.29. The molecular formula is C12H9FN3O3. The smallest absolute Gasteiger partial charge is 0.308 e. The molecule has 1 radical (unpaired) electrons. The van der Waals surface area contributed by atoms with Gasteiger partial charge in [-0.15, -0.1) is 10.5 Å². The highest BCUT2D eigenvalue weighted by molar-refractivity contribution is 6.13. The Hall–Kier alpha value is -2.44. The van der Waals surface area contributed by atoms with Crippen molar-refractivity contribution >= 4 is 23.4 Å². The van der Waals surface area contributed by atoms with Crippen LogP contribution in [0.2, 0.25) is 0 Å². The zero-order chi connectivity index (χ0) is 13.6. The number of benzene rings is 1. The summed E-state index contributed by atoms with van der Waals surface area (Å²) < 4.78 is 13.8.